The van der Waals surface area contributed by atoms with Crippen LogP contribution in [0.25, 0.3) is 0 Å². The van der Waals surface area contributed by atoms with Crippen LogP contribution in [0.1, 0.15) is 34.3 Å². The molecule has 0 unspecified atom stereocenters. The van der Waals surface area contributed by atoms with Crippen molar-refractivity contribution < 1.29 is 23.8 Å². The number of hydrogen-bond acceptors (Lipinski definition) is 5. The molecular formula is C26H25BrClNO5. The summed E-state index contributed by atoms with van der Waals surface area (Å²) in [6.07, 6.45) is 0.692. The van der Waals surface area contributed by atoms with Crippen molar-refractivity contribution in [2.24, 2.45) is 0 Å². The van der Waals surface area contributed by atoms with Gasteiger partial charge in [-0.1, -0.05) is 11.6 Å². The molecule has 3 aromatic carbocycles. The van der Waals surface area contributed by atoms with Crippen molar-refractivity contribution >= 4 is 45.1 Å². The van der Waals surface area contributed by atoms with E-state index in [4.69, 9.17) is 25.8 Å². The molecule has 0 aliphatic carbocycles. The number of nitrogens with one attached hydrogen (secondary N) is 1. The number of aryl methyl sites for hydroxylation is 1. The monoisotopic (exact) mass is 545 g/mol. The molecule has 0 fully saturated rings. The van der Waals surface area contributed by atoms with Crippen molar-refractivity contribution in [3.05, 3.63) is 80.8 Å². The summed E-state index contributed by atoms with van der Waals surface area (Å²) in [5, 5.41) is 3.51. The standard InChI is InChI=1S/C26H25BrClNO5/c1-16-15-22(24(27)17(2)25(16)28)33-14-4-5-23(30)34-21-10-6-18(7-11-21)26(31)29-19-8-12-20(32-3)13-9-19/h6-13,15H,4-5,14H2,1-3H3,(H,29,31). The van der Waals surface area contributed by atoms with Gasteiger partial charge in [-0.15, -0.1) is 0 Å². The Balaban J connectivity index is 1.45. The second kappa shape index (κ2) is 11.9. The van der Waals surface area contributed by atoms with Crippen molar-refractivity contribution in [1.82, 2.24) is 0 Å². The zero-order chi connectivity index (χ0) is 24.7. The zero-order valence-electron chi connectivity index (χ0n) is 19.1. The SMILES string of the molecule is COc1ccc(NC(=O)c2ccc(OC(=O)CCCOc3cc(C)c(Cl)c(C)c3Br)cc2)cc1. The van der Waals surface area contributed by atoms with E-state index >= 15 is 0 Å². The maximum atomic E-state index is 12.4. The van der Waals surface area contributed by atoms with Crippen LogP contribution in [0.4, 0.5) is 5.69 Å². The predicted molar refractivity (Wildman–Crippen MR) is 136 cm³/mol. The van der Waals surface area contributed by atoms with Gasteiger partial charge in [-0.05, 0) is 102 Å². The number of carbonyl (C=O) groups is 2. The largest absolute Gasteiger partial charge is 0.497 e. The first-order valence-corrected chi connectivity index (χ1v) is 11.8. The number of carbonyl (C=O) groups excluding carboxylic acids is 2. The molecule has 0 aliphatic heterocycles. The van der Waals surface area contributed by atoms with Crippen LogP contribution in [0.3, 0.4) is 0 Å². The van der Waals surface area contributed by atoms with Crippen molar-refractivity contribution in [2.75, 3.05) is 19.0 Å². The maximum Gasteiger partial charge on any atom is 0.311 e. The van der Waals surface area contributed by atoms with Crippen LogP contribution in [0, 0.1) is 13.8 Å². The smallest absolute Gasteiger partial charge is 0.311 e. The molecule has 34 heavy (non-hydrogen) atoms. The fourth-order valence-electron chi connectivity index (χ4n) is 3.14. The number of halogens is 2. The summed E-state index contributed by atoms with van der Waals surface area (Å²) in [4.78, 5) is 24.6. The molecule has 0 atom stereocenters. The van der Waals surface area contributed by atoms with Gasteiger partial charge in [0.2, 0.25) is 0 Å². The van der Waals surface area contributed by atoms with Gasteiger partial charge in [0, 0.05) is 22.7 Å². The van der Waals surface area contributed by atoms with E-state index in [1.165, 1.54) is 0 Å². The van der Waals surface area contributed by atoms with Crippen LogP contribution < -0.4 is 19.5 Å². The number of esters is 1. The van der Waals surface area contributed by atoms with E-state index in [1.54, 1.807) is 55.6 Å². The summed E-state index contributed by atoms with van der Waals surface area (Å²) >= 11 is 9.73. The minimum atomic E-state index is -0.374. The number of rotatable bonds is 9. The van der Waals surface area contributed by atoms with Gasteiger partial charge < -0.3 is 19.5 Å². The fraction of sp³-hybridized carbons (Fsp3) is 0.231. The van der Waals surface area contributed by atoms with E-state index in [1.807, 2.05) is 19.9 Å². The summed E-state index contributed by atoms with van der Waals surface area (Å²) in [6, 6.07) is 15.3. The summed E-state index contributed by atoms with van der Waals surface area (Å²) < 4.78 is 17.1. The molecule has 0 saturated carbocycles. The van der Waals surface area contributed by atoms with E-state index in [0.29, 0.717) is 46.5 Å². The van der Waals surface area contributed by atoms with E-state index in [-0.39, 0.29) is 18.3 Å². The average molecular weight is 547 g/mol. The van der Waals surface area contributed by atoms with E-state index in [2.05, 4.69) is 21.2 Å². The third-order valence-corrected chi connectivity index (χ3v) is 6.61. The molecule has 178 valence electrons. The Bertz CT molecular complexity index is 1160. The number of benzene rings is 3. The highest BCUT2D eigenvalue weighted by molar-refractivity contribution is 9.10. The highest BCUT2D eigenvalue weighted by Gasteiger charge is 2.12. The third-order valence-electron chi connectivity index (χ3n) is 5.05. The lowest BCUT2D eigenvalue weighted by molar-refractivity contribution is -0.134. The Kier molecular flexibility index (Phi) is 8.96. The van der Waals surface area contributed by atoms with Gasteiger partial charge in [0.05, 0.1) is 18.2 Å². The van der Waals surface area contributed by atoms with Gasteiger partial charge in [-0.3, -0.25) is 9.59 Å². The van der Waals surface area contributed by atoms with Crippen molar-refractivity contribution in [3.8, 4) is 17.2 Å². The van der Waals surface area contributed by atoms with Gasteiger partial charge in [0.1, 0.15) is 17.2 Å². The molecule has 6 nitrogen and oxygen atoms in total. The fourth-order valence-corrected chi connectivity index (χ4v) is 3.83. The average Bonchev–Trinajstić information content (AvgIpc) is 2.84. The van der Waals surface area contributed by atoms with Crippen LogP contribution in [-0.4, -0.2) is 25.6 Å². The summed E-state index contributed by atoms with van der Waals surface area (Å²) in [5.41, 5.74) is 2.94. The number of methoxy groups -OCH3 is 1. The second-order valence-electron chi connectivity index (χ2n) is 7.58. The first-order chi connectivity index (χ1) is 16.3. The summed E-state index contributed by atoms with van der Waals surface area (Å²) in [5.74, 6) is 1.13. The first kappa shape index (κ1) is 25.6. The van der Waals surface area contributed by atoms with E-state index in [0.717, 1.165) is 15.6 Å². The van der Waals surface area contributed by atoms with Crippen molar-refractivity contribution in [2.45, 2.75) is 26.7 Å². The number of anilines is 1. The Hall–Kier alpha value is -3.03. The van der Waals surface area contributed by atoms with Crippen LogP contribution in [0.15, 0.2) is 59.1 Å². The third kappa shape index (κ3) is 6.74. The van der Waals surface area contributed by atoms with Gasteiger partial charge in [0.15, 0.2) is 0 Å². The maximum absolute atomic E-state index is 12.4. The Labute approximate surface area is 212 Å². The molecule has 3 rings (SSSR count). The molecule has 0 aliphatic rings. The Morgan fingerprint density at radius 3 is 2.29 bits per heavy atom. The van der Waals surface area contributed by atoms with Crippen LogP contribution in [-0.2, 0) is 4.79 Å². The van der Waals surface area contributed by atoms with E-state index < -0.39 is 0 Å². The lowest BCUT2D eigenvalue weighted by Crippen LogP contribution is -2.12. The molecule has 0 heterocycles. The molecule has 8 heteroatoms. The van der Waals surface area contributed by atoms with Crippen molar-refractivity contribution in [3.63, 3.8) is 0 Å². The molecule has 0 bridgehead atoms. The molecular weight excluding hydrogens is 522 g/mol. The molecule has 0 aromatic heterocycles. The molecule has 3 aromatic rings. The molecule has 0 radical (unpaired) electrons. The van der Waals surface area contributed by atoms with Crippen LogP contribution in [0.2, 0.25) is 5.02 Å². The van der Waals surface area contributed by atoms with Crippen LogP contribution in [0.5, 0.6) is 17.2 Å². The molecule has 0 spiro atoms. The Morgan fingerprint density at radius 2 is 1.65 bits per heavy atom. The van der Waals surface area contributed by atoms with Gasteiger partial charge in [0.25, 0.3) is 5.91 Å². The second-order valence-corrected chi connectivity index (χ2v) is 8.75. The predicted octanol–water partition coefficient (Wildman–Crippen LogP) is 6.74. The van der Waals surface area contributed by atoms with Gasteiger partial charge in [-0.25, -0.2) is 0 Å². The zero-order valence-corrected chi connectivity index (χ0v) is 21.5. The van der Waals surface area contributed by atoms with Crippen molar-refractivity contribution in [1.29, 1.82) is 0 Å². The summed E-state index contributed by atoms with van der Waals surface area (Å²) in [6.45, 7) is 4.19. The summed E-state index contributed by atoms with van der Waals surface area (Å²) in [7, 11) is 1.58. The van der Waals surface area contributed by atoms with Gasteiger partial charge in [-0.2, -0.15) is 0 Å². The topological polar surface area (TPSA) is 73.9 Å². The highest BCUT2D eigenvalue weighted by Crippen LogP contribution is 2.35. The normalized spacial score (nSPS) is 10.5. The van der Waals surface area contributed by atoms with Gasteiger partial charge >= 0.3 is 5.97 Å². The quantitative estimate of drug-likeness (QED) is 0.183. The first-order valence-electron chi connectivity index (χ1n) is 10.6. The lowest BCUT2D eigenvalue weighted by atomic mass is 10.1. The molecule has 0 saturated heterocycles. The molecule has 1 amide bonds. The number of amides is 1. The minimum Gasteiger partial charge on any atom is -0.497 e. The van der Waals surface area contributed by atoms with E-state index in [9.17, 15) is 9.59 Å². The highest BCUT2D eigenvalue weighted by atomic mass is 79.9. The van der Waals surface area contributed by atoms with Crippen LogP contribution >= 0.6 is 27.5 Å². The minimum absolute atomic E-state index is 0.197. The number of ether oxygens (including phenoxy) is 3. The number of hydrogen-bond donors (Lipinski definition) is 1. The molecule has 1 N–H and O–H groups in total. The lowest BCUT2D eigenvalue weighted by Gasteiger charge is -2.13. The Morgan fingerprint density at radius 1 is 1.00 bits per heavy atom.